The SMILES string of the molecule is Cc1ccc(N2C(=O)[C@@H]3[C@H]4C[C@H]5[C@H](O[C@]2(C(C)C)[C@H]53)[C@@H]4O)cc1. The van der Waals surface area contributed by atoms with Crippen molar-refractivity contribution in [1.82, 2.24) is 0 Å². The maximum Gasteiger partial charge on any atom is 0.233 e. The van der Waals surface area contributed by atoms with Gasteiger partial charge in [-0.05, 0) is 37.3 Å². The van der Waals surface area contributed by atoms with E-state index < -0.39 is 11.8 Å². The molecule has 2 aliphatic heterocycles. The maximum absolute atomic E-state index is 13.3. The minimum Gasteiger partial charge on any atom is -0.390 e. The third-order valence-corrected chi connectivity index (χ3v) is 6.83. The van der Waals surface area contributed by atoms with Gasteiger partial charge >= 0.3 is 0 Å². The smallest absolute Gasteiger partial charge is 0.233 e. The molecule has 2 aliphatic carbocycles. The molecule has 2 bridgehead atoms. The second-order valence-corrected chi connectivity index (χ2v) is 8.10. The lowest BCUT2D eigenvalue weighted by atomic mass is 9.74. The van der Waals surface area contributed by atoms with E-state index in [1.165, 1.54) is 5.56 Å². The van der Waals surface area contributed by atoms with E-state index >= 15 is 0 Å². The Morgan fingerprint density at radius 1 is 1.26 bits per heavy atom. The van der Waals surface area contributed by atoms with E-state index in [0.717, 1.165) is 12.1 Å². The number of anilines is 1. The Hall–Kier alpha value is -1.39. The molecule has 0 radical (unpaired) electrons. The van der Waals surface area contributed by atoms with Gasteiger partial charge in [0.1, 0.15) is 0 Å². The van der Waals surface area contributed by atoms with Gasteiger partial charge in [0, 0.05) is 17.5 Å². The number of carbonyl (C=O) groups is 1. The fraction of sp³-hybridized carbons (Fsp3) is 0.632. The van der Waals surface area contributed by atoms with Crippen molar-refractivity contribution in [3.63, 3.8) is 0 Å². The molecule has 5 rings (SSSR count). The number of amides is 1. The quantitative estimate of drug-likeness (QED) is 0.912. The molecule has 4 fully saturated rings. The second-order valence-electron chi connectivity index (χ2n) is 8.10. The number of rotatable bonds is 2. The largest absolute Gasteiger partial charge is 0.390 e. The summed E-state index contributed by atoms with van der Waals surface area (Å²) in [6, 6.07) is 8.15. The van der Waals surface area contributed by atoms with Gasteiger partial charge in [-0.1, -0.05) is 31.5 Å². The molecular formula is C19H23NO3. The molecule has 1 amide bonds. The van der Waals surface area contributed by atoms with Crippen molar-refractivity contribution in [3.05, 3.63) is 29.8 Å². The Morgan fingerprint density at radius 2 is 1.96 bits per heavy atom. The lowest BCUT2D eigenvalue weighted by molar-refractivity contribution is -0.136. The van der Waals surface area contributed by atoms with Crippen LogP contribution in [0.15, 0.2) is 24.3 Å². The van der Waals surface area contributed by atoms with Crippen LogP contribution < -0.4 is 4.90 Å². The Morgan fingerprint density at radius 3 is 2.61 bits per heavy atom. The highest BCUT2D eigenvalue weighted by molar-refractivity contribution is 6.00. The summed E-state index contributed by atoms with van der Waals surface area (Å²) in [4.78, 5) is 15.2. The van der Waals surface area contributed by atoms with Gasteiger partial charge in [-0.3, -0.25) is 9.69 Å². The Kier molecular flexibility index (Phi) is 2.54. The van der Waals surface area contributed by atoms with E-state index in [2.05, 4.69) is 20.8 Å². The number of aliphatic hydroxyl groups excluding tert-OH is 1. The first-order valence-corrected chi connectivity index (χ1v) is 8.73. The normalized spacial score (nSPS) is 46.5. The van der Waals surface area contributed by atoms with Crippen molar-refractivity contribution >= 4 is 11.6 Å². The molecule has 2 heterocycles. The average molecular weight is 313 g/mol. The number of benzene rings is 1. The molecule has 0 unspecified atom stereocenters. The molecule has 4 nitrogen and oxygen atoms in total. The van der Waals surface area contributed by atoms with Gasteiger partial charge in [0.25, 0.3) is 0 Å². The molecule has 4 heteroatoms. The molecule has 1 N–H and O–H groups in total. The number of nitrogens with zero attached hydrogens (tertiary/aromatic N) is 1. The number of aryl methyl sites for hydroxylation is 1. The lowest BCUT2D eigenvalue weighted by Gasteiger charge is -2.42. The Labute approximate surface area is 136 Å². The van der Waals surface area contributed by atoms with E-state index in [-0.39, 0.29) is 35.7 Å². The number of aliphatic hydroxyl groups is 1. The Balaban J connectivity index is 1.69. The molecule has 4 aliphatic rings. The van der Waals surface area contributed by atoms with Crippen LogP contribution in [0.25, 0.3) is 0 Å². The summed E-state index contributed by atoms with van der Waals surface area (Å²) in [7, 11) is 0. The standard InChI is InChI=1S/C19H23NO3/c1-9(2)19-15-13-8-12(16(21)17(13)23-19)14(15)18(22)20(19)11-6-4-10(3)5-7-11/h4-7,9,12-17,21H,8H2,1-3H3/t12-,13-,14-,15-,16-,17+,19-/m1/s1. The summed E-state index contributed by atoms with van der Waals surface area (Å²) in [5.74, 6) is 0.920. The first-order chi connectivity index (χ1) is 11.0. The van der Waals surface area contributed by atoms with Gasteiger partial charge in [0.2, 0.25) is 5.91 Å². The highest BCUT2D eigenvalue weighted by Gasteiger charge is 2.79. The van der Waals surface area contributed by atoms with Gasteiger partial charge in [-0.25, -0.2) is 0 Å². The van der Waals surface area contributed by atoms with E-state index in [9.17, 15) is 9.90 Å². The van der Waals surface area contributed by atoms with Crippen LogP contribution in [0.2, 0.25) is 0 Å². The summed E-state index contributed by atoms with van der Waals surface area (Å²) in [5, 5.41) is 10.5. The molecule has 2 saturated heterocycles. The summed E-state index contributed by atoms with van der Waals surface area (Å²) in [5.41, 5.74) is 1.53. The predicted octanol–water partition coefficient (Wildman–Crippen LogP) is 2.34. The number of hydrogen-bond acceptors (Lipinski definition) is 3. The van der Waals surface area contributed by atoms with E-state index in [4.69, 9.17) is 4.74 Å². The van der Waals surface area contributed by atoms with Crippen LogP contribution in [-0.2, 0) is 9.53 Å². The maximum atomic E-state index is 13.3. The van der Waals surface area contributed by atoms with Crippen molar-refractivity contribution in [3.8, 4) is 0 Å². The van der Waals surface area contributed by atoms with Crippen LogP contribution in [-0.4, -0.2) is 28.9 Å². The number of carbonyl (C=O) groups excluding carboxylic acids is 1. The first-order valence-electron chi connectivity index (χ1n) is 8.73. The zero-order valence-electron chi connectivity index (χ0n) is 13.8. The third kappa shape index (κ3) is 1.39. The predicted molar refractivity (Wildman–Crippen MR) is 85.7 cm³/mol. The molecule has 1 aromatic rings. The summed E-state index contributed by atoms with van der Waals surface area (Å²) < 4.78 is 6.51. The summed E-state index contributed by atoms with van der Waals surface area (Å²) >= 11 is 0. The summed E-state index contributed by atoms with van der Waals surface area (Å²) in [6.45, 7) is 6.33. The molecular weight excluding hydrogens is 290 g/mol. The second kappa shape index (κ2) is 4.17. The monoisotopic (exact) mass is 313 g/mol. The zero-order chi connectivity index (χ0) is 16.1. The molecule has 0 aromatic heterocycles. The van der Waals surface area contributed by atoms with Crippen LogP contribution in [0.4, 0.5) is 5.69 Å². The molecule has 1 aromatic carbocycles. The number of fused-ring (bicyclic) bond motifs is 2. The molecule has 2 saturated carbocycles. The van der Waals surface area contributed by atoms with E-state index in [1.807, 2.05) is 29.2 Å². The number of ether oxygens (including phenoxy) is 1. The van der Waals surface area contributed by atoms with Gasteiger partial charge < -0.3 is 9.84 Å². The van der Waals surface area contributed by atoms with Crippen LogP contribution in [0.3, 0.4) is 0 Å². The number of hydrogen-bond donors (Lipinski definition) is 1. The minimum absolute atomic E-state index is 0.0718. The molecule has 0 spiro atoms. The van der Waals surface area contributed by atoms with Crippen molar-refractivity contribution in [2.75, 3.05) is 4.90 Å². The summed E-state index contributed by atoms with van der Waals surface area (Å²) in [6.07, 6.45) is 0.388. The lowest BCUT2D eigenvalue weighted by Crippen LogP contribution is -2.54. The van der Waals surface area contributed by atoms with Gasteiger partial charge in [0.15, 0.2) is 5.72 Å². The first kappa shape index (κ1) is 14.0. The fourth-order valence-corrected chi connectivity index (χ4v) is 6.01. The molecule has 7 atom stereocenters. The fourth-order valence-electron chi connectivity index (χ4n) is 6.01. The van der Waals surface area contributed by atoms with E-state index in [0.29, 0.717) is 5.92 Å². The average Bonchev–Trinajstić information content (AvgIpc) is 3.17. The molecule has 122 valence electrons. The highest BCUT2D eigenvalue weighted by atomic mass is 16.6. The van der Waals surface area contributed by atoms with Crippen molar-refractivity contribution in [2.45, 2.75) is 45.1 Å². The topological polar surface area (TPSA) is 49.8 Å². The van der Waals surface area contributed by atoms with Gasteiger partial charge in [0.05, 0.1) is 18.1 Å². The van der Waals surface area contributed by atoms with Crippen molar-refractivity contribution in [1.29, 1.82) is 0 Å². The van der Waals surface area contributed by atoms with E-state index in [1.54, 1.807) is 0 Å². The Bertz CT molecular complexity index is 684. The van der Waals surface area contributed by atoms with Crippen molar-refractivity contribution in [2.24, 2.45) is 29.6 Å². The third-order valence-electron chi connectivity index (χ3n) is 6.83. The van der Waals surface area contributed by atoms with Crippen LogP contribution >= 0.6 is 0 Å². The highest BCUT2D eigenvalue weighted by Crippen LogP contribution is 2.69. The van der Waals surface area contributed by atoms with Crippen LogP contribution in [0, 0.1) is 36.5 Å². The van der Waals surface area contributed by atoms with Gasteiger partial charge in [-0.2, -0.15) is 0 Å². The minimum atomic E-state index is -0.585. The van der Waals surface area contributed by atoms with Crippen LogP contribution in [0.5, 0.6) is 0 Å². The van der Waals surface area contributed by atoms with Gasteiger partial charge in [-0.15, -0.1) is 0 Å². The molecule has 23 heavy (non-hydrogen) atoms. The van der Waals surface area contributed by atoms with Crippen molar-refractivity contribution < 1.29 is 14.6 Å². The zero-order valence-corrected chi connectivity index (χ0v) is 13.8. The van der Waals surface area contributed by atoms with Crippen LogP contribution in [0.1, 0.15) is 25.8 Å².